The number of likely N-dealkylation sites (N-methyl/N-ethyl adjacent to an activating group) is 1. The summed E-state index contributed by atoms with van der Waals surface area (Å²) in [6.45, 7) is 7.66. The first-order valence-corrected chi connectivity index (χ1v) is 5.64. The molecule has 1 aliphatic heterocycles. The fraction of sp³-hybridized carbons (Fsp3) is 0.462. The Morgan fingerprint density at radius 3 is 2.80 bits per heavy atom. The molecule has 0 radical (unpaired) electrons. The highest BCUT2D eigenvalue weighted by Gasteiger charge is 2.11. The van der Waals surface area contributed by atoms with E-state index < -0.39 is 0 Å². The molecule has 2 heteroatoms. The van der Waals surface area contributed by atoms with Crippen molar-refractivity contribution in [1.82, 2.24) is 9.88 Å². The lowest BCUT2D eigenvalue weighted by Crippen LogP contribution is -2.28. The van der Waals surface area contributed by atoms with Gasteiger partial charge in [-0.25, -0.2) is 0 Å². The van der Waals surface area contributed by atoms with Gasteiger partial charge in [-0.05, 0) is 37.1 Å². The van der Waals surface area contributed by atoms with Gasteiger partial charge in [-0.3, -0.25) is 9.88 Å². The Labute approximate surface area is 91.6 Å². The molecule has 0 bridgehead atoms. The average Bonchev–Trinajstić information content (AvgIpc) is 2.30. The van der Waals surface area contributed by atoms with Crippen LogP contribution in [0.1, 0.15) is 24.6 Å². The van der Waals surface area contributed by atoms with Gasteiger partial charge in [-0.15, -0.1) is 0 Å². The summed E-state index contributed by atoms with van der Waals surface area (Å²) in [5, 5.41) is 0. The standard InChI is InChI=1S/C13H18N2/c1-3-15-8-6-12(7-9-15)13-5-4-11(2)10-14-13/h4-6,10H,3,7-9H2,1-2H3. The van der Waals surface area contributed by atoms with E-state index in [0.29, 0.717) is 0 Å². The van der Waals surface area contributed by atoms with E-state index in [4.69, 9.17) is 0 Å². The molecule has 0 fully saturated rings. The predicted octanol–water partition coefficient (Wildman–Crippen LogP) is 2.50. The molecule has 1 aliphatic rings. The van der Waals surface area contributed by atoms with Gasteiger partial charge in [0.25, 0.3) is 0 Å². The van der Waals surface area contributed by atoms with E-state index in [0.717, 1.165) is 31.7 Å². The Morgan fingerprint density at radius 1 is 1.40 bits per heavy atom. The quantitative estimate of drug-likeness (QED) is 0.732. The van der Waals surface area contributed by atoms with E-state index in [1.165, 1.54) is 11.1 Å². The first-order valence-electron chi connectivity index (χ1n) is 5.64. The maximum absolute atomic E-state index is 4.47. The fourth-order valence-corrected chi connectivity index (χ4v) is 1.89. The Balaban J connectivity index is 2.12. The van der Waals surface area contributed by atoms with E-state index in [1.54, 1.807) is 0 Å². The second-order valence-corrected chi connectivity index (χ2v) is 4.09. The molecule has 0 unspecified atom stereocenters. The van der Waals surface area contributed by atoms with Crippen molar-refractivity contribution >= 4 is 5.57 Å². The molecule has 0 aliphatic carbocycles. The monoisotopic (exact) mass is 202 g/mol. The number of aromatic nitrogens is 1. The number of aryl methyl sites for hydroxylation is 1. The third kappa shape index (κ3) is 2.45. The van der Waals surface area contributed by atoms with Gasteiger partial charge in [0.1, 0.15) is 0 Å². The summed E-state index contributed by atoms with van der Waals surface area (Å²) in [7, 11) is 0. The summed E-state index contributed by atoms with van der Waals surface area (Å²) < 4.78 is 0. The lowest BCUT2D eigenvalue weighted by molar-refractivity contribution is 0.318. The largest absolute Gasteiger partial charge is 0.300 e. The van der Waals surface area contributed by atoms with Crippen LogP contribution in [0.15, 0.2) is 24.4 Å². The SMILES string of the molecule is CCN1CC=C(c2ccc(C)cn2)CC1. The van der Waals surface area contributed by atoms with Crippen LogP contribution in [0.3, 0.4) is 0 Å². The van der Waals surface area contributed by atoms with Gasteiger partial charge in [-0.1, -0.05) is 19.1 Å². The normalized spacial score (nSPS) is 17.6. The van der Waals surface area contributed by atoms with Gasteiger partial charge in [0, 0.05) is 19.3 Å². The number of hydrogen-bond donors (Lipinski definition) is 0. The van der Waals surface area contributed by atoms with Crippen LogP contribution in [0.25, 0.3) is 5.57 Å². The molecular weight excluding hydrogens is 184 g/mol. The maximum Gasteiger partial charge on any atom is 0.0659 e. The average molecular weight is 202 g/mol. The molecule has 2 rings (SSSR count). The summed E-state index contributed by atoms with van der Waals surface area (Å²) in [6, 6.07) is 4.26. The van der Waals surface area contributed by atoms with Crippen molar-refractivity contribution in [3.8, 4) is 0 Å². The Kier molecular flexibility index (Phi) is 3.17. The zero-order chi connectivity index (χ0) is 10.7. The summed E-state index contributed by atoms with van der Waals surface area (Å²) in [5.41, 5.74) is 3.78. The topological polar surface area (TPSA) is 16.1 Å². The predicted molar refractivity (Wildman–Crippen MR) is 63.7 cm³/mol. The van der Waals surface area contributed by atoms with Crippen molar-refractivity contribution in [2.75, 3.05) is 19.6 Å². The molecule has 80 valence electrons. The second-order valence-electron chi connectivity index (χ2n) is 4.09. The van der Waals surface area contributed by atoms with E-state index in [1.807, 2.05) is 6.20 Å². The molecule has 2 heterocycles. The summed E-state index contributed by atoms with van der Waals surface area (Å²) >= 11 is 0. The number of pyridine rings is 1. The van der Waals surface area contributed by atoms with Gasteiger partial charge in [0.15, 0.2) is 0 Å². The Morgan fingerprint density at radius 2 is 2.27 bits per heavy atom. The lowest BCUT2D eigenvalue weighted by atomic mass is 10.0. The van der Waals surface area contributed by atoms with Crippen molar-refractivity contribution in [2.24, 2.45) is 0 Å². The van der Waals surface area contributed by atoms with Crippen LogP contribution in [-0.4, -0.2) is 29.5 Å². The smallest absolute Gasteiger partial charge is 0.0659 e. The van der Waals surface area contributed by atoms with Gasteiger partial charge < -0.3 is 0 Å². The highest BCUT2D eigenvalue weighted by atomic mass is 15.1. The van der Waals surface area contributed by atoms with Crippen molar-refractivity contribution in [3.05, 3.63) is 35.7 Å². The van der Waals surface area contributed by atoms with E-state index in [9.17, 15) is 0 Å². The van der Waals surface area contributed by atoms with Crippen LogP contribution in [0.5, 0.6) is 0 Å². The first-order chi connectivity index (χ1) is 7.29. The first kappa shape index (κ1) is 10.4. The van der Waals surface area contributed by atoms with Crippen LogP contribution < -0.4 is 0 Å². The van der Waals surface area contributed by atoms with Gasteiger partial charge in [0.05, 0.1) is 5.69 Å². The lowest BCUT2D eigenvalue weighted by Gasteiger charge is -2.24. The zero-order valence-corrected chi connectivity index (χ0v) is 9.53. The molecule has 0 amide bonds. The van der Waals surface area contributed by atoms with Crippen LogP contribution in [0.2, 0.25) is 0 Å². The third-order valence-electron chi connectivity index (χ3n) is 2.98. The molecule has 0 aromatic carbocycles. The van der Waals surface area contributed by atoms with Crippen molar-refractivity contribution in [1.29, 1.82) is 0 Å². The molecule has 0 atom stereocenters. The van der Waals surface area contributed by atoms with Gasteiger partial charge in [0.2, 0.25) is 0 Å². The van der Waals surface area contributed by atoms with Crippen LogP contribution in [0, 0.1) is 6.92 Å². The molecule has 0 saturated heterocycles. The van der Waals surface area contributed by atoms with Crippen molar-refractivity contribution < 1.29 is 0 Å². The maximum atomic E-state index is 4.47. The van der Waals surface area contributed by atoms with Crippen LogP contribution in [-0.2, 0) is 0 Å². The minimum atomic E-state index is 1.07. The molecule has 0 N–H and O–H groups in total. The van der Waals surface area contributed by atoms with Crippen LogP contribution >= 0.6 is 0 Å². The summed E-state index contributed by atoms with van der Waals surface area (Å²) in [6.07, 6.45) is 5.39. The molecule has 15 heavy (non-hydrogen) atoms. The Bertz CT molecular complexity index is 351. The van der Waals surface area contributed by atoms with Gasteiger partial charge in [-0.2, -0.15) is 0 Å². The van der Waals surface area contributed by atoms with E-state index in [-0.39, 0.29) is 0 Å². The Hall–Kier alpha value is -1.15. The molecule has 2 nitrogen and oxygen atoms in total. The van der Waals surface area contributed by atoms with E-state index in [2.05, 4.69) is 41.9 Å². The van der Waals surface area contributed by atoms with Crippen LogP contribution in [0.4, 0.5) is 0 Å². The van der Waals surface area contributed by atoms with E-state index >= 15 is 0 Å². The van der Waals surface area contributed by atoms with Crippen molar-refractivity contribution in [3.63, 3.8) is 0 Å². The molecule has 1 aromatic heterocycles. The minimum Gasteiger partial charge on any atom is -0.300 e. The van der Waals surface area contributed by atoms with Gasteiger partial charge >= 0.3 is 0 Å². The molecular formula is C13H18N2. The third-order valence-corrected chi connectivity index (χ3v) is 2.98. The van der Waals surface area contributed by atoms with Crippen molar-refractivity contribution in [2.45, 2.75) is 20.3 Å². The highest BCUT2D eigenvalue weighted by Crippen LogP contribution is 2.20. The zero-order valence-electron chi connectivity index (χ0n) is 9.53. The minimum absolute atomic E-state index is 1.07. The number of hydrogen-bond acceptors (Lipinski definition) is 2. The molecule has 0 saturated carbocycles. The number of nitrogens with zero attached hydrogens (tertiary/aromatic N) is 2. The molecule has 0 spiro atoms. The number of rotatable bonds is 2. The summed E-state index contributed by atoms with van der Waals surface area (Å²) in [4.78, 5) is 6.91. The second kappa shape index (κ2) is 4.58. The summed E-state index contributed by atoms with van der Waals surface area (Å²) in [5.74, 6) is 0. The fourth-order valence-electron chi connectivity index (χ4n) is 1.89. The highest BCUT2D eigenvalue weighted by molar-refractivity contribution is 5.63. The molecule has 1 aromatic rings.